The van der Waals surface area contributed by atoms with E-state index < -0.39 is 0 Å². The number of amides is 1. The van der Waals surface area contributed by atoms with Crippen molar-refractivity contribution < 1.29 is 14.3 Å². The zero-order valence-electron chi connectivity index (χ0n) is 16.6. The summed E-state index contributed by atoms with van der Waals surface area (Å²) >= 11 is 1.45. The van der Waals surface area contributed by atoms with Crippen LogP contribution in [0.1, 0.15) is 35.4 Å². The van der Waals surface area contributed by atoms with Crippen molar-refractivity contribution in [1.29, 1.82) is 0 Å². The molecule has 2 rings (SSSR count). The van der Waals surface area contributed by atoms with E-state index in [9.17, 15) is 4.79 Å². The standard InChI is InChI=1S/C19H32N4O3S.HI/c1-20-19(22-9-3-8-21-18(24)17-5-2-14-27-17)23-10-4-11-26-15-16-6-12-25-13-7-16;/h2,5,14,16H,3-4,6-13,15H2,1H3,(H,21,24)(H2,20,22,23);1H. The Balaban J connectivity index is 0.00000392. The monoisotopic (exact) mass is 524 g/mol. The molecule has 1 aliphatic heterocycles. The van der Waals surface area contributed by atoms with E-state index in [2.05, 4.69) is 20.9 Å². The van der Waals surface area contributed by atoms with Crippen molar-refractivity contribution in [3.05, 3.63) is 22.4 Å². The van der Waals surface area contributed by atoms with Crippen LogP contribution in [0.15, 0.2) is 22.5 Å². The number of carbonyl (C=O) groups is 1. The van der Waals surface area contributed by atoms with Gasteiger partial charge in [0.15, 0.2) is 5.96 Å². The predicted octanol–water partition coefficient (Wildman–Crippen LogP) is 2.48. The Morgan fingerprint density at radius 3 is 2.61 bits per heavy atom. The summed E-state index contributed by atoms with van der Waals surface area (Å²) in [5.74, 6) is 1.43. The first kappa shape index (κ1) is 25.1. The number of hydrogen-bond donors (Lipinski definition) is 3. The summed E-state index contributed by atoms with van der Waals surface area (Å²) in [5.41, 5.74) is 0. The van der Waals surface area contributed by atoms with Gasteiger partial charge in [-0.3, -0.25) is 9.79 Å². The van der Waals surface area contributed by atoms with Crippen molar-refractivity contribution in [3.8, 4) is 0 Å². The fourth-order valence-electron chi connectivity index (χ4n) is 2.76. The molecule has 2 heterocycles. The Labute approximate surface area is 189 Å². The molecule has 1 aliphatic rings. The SMILES string of the molecule is CN=C(NCCCNC(=O)c1cccs1)NCCCOCC1CCOCC1.I. The van der Waals surface area contributed by atoms with E-state index in [0.717, 1.165) is 76.0 Å². The van der Waals surface area contributed by atoms with Crippen molar-refractivity contribution in [1.82, 2.24) is 16.0 Å². The highest BCUT2D eigenvalue weighted by molar-refractivity contribution is 14.0. The summed E-state index contributed by atoms with van der Waals surface area (Å²) in [4.78, 5) is 16.8. The average Bonchev–Trinajstić information content (AvgIpc) is 3.24. The normalized spacial score (nSPS) is 15.0. The van der Waals surface area contributed by atoms with E-state index in [-0.39, 0.29) is 29.9 Å². The Morgan fingerprint density at radius 1 is 1.21 bits per heavy atom. The van der Waals surface area contributed by atoms with Gasteiger partial charge in [0.25, 0.3) is 5.91 Å². The van der Waals surface area contributed by atoms with E-state index >= 15 is 0 Å². The number of nitrogens with one attached hydrogen (secondary N) is 3. The number of halogens is 1. The highest BCUT2D eigenvalue weighted by Gasteiger charge is 2.13. The van der Waals surface area contributed by atoms with Crippen LogP contribution in [0.25, 0.3) is 0 Å². The topological polar surface area (TPSA) is 84.0 Å². The van der Waals surface area contributed by atoms with Crippen LogP contribution in [-0.4, -0.2) is 65.0 Å². The van der Waals surface area contributed by atoms with Crippen molar-refractivity contribution in [2.45, 2.75) is 25.7 Å². The number of thiophene rings is 1. The average molecular weight is 524 g/mol. The molecule has 7 nitrogen and oxygen atoms in total. The molecule has 3 N–H and O–H groups in total. The molecule has 0 aliphatic carbocycles. The number of aliphatic imine (C=N–C) groups is 1. The van der Waals surface area contributed by atoms with Gasteiger partial charge in [-0.15, -0.1) is 35.3 Å². The molecule has 160 valence electrons. The quantitative estimate of drug-likeness (QED) is 0.179. The van der Waals surface area contributed by atoms with Crippen LogP contribution in [0.5, 0.6) is 0 Å². The molecule has 1 fully saturated rings. The first-order valence-electron chi connectivity index (χ1n) is 9.71. The highest BCUT2D eigenvalue weighted by atomic mass is 127. The van der Waals surface area contributed by atoms with Gasteiger partial charge in [0, 0.05) is 53.1 Å². The maximum absolute atomic E-state index is 11.8. The summed E-state index contributed by atoms with van der Waals surface area (Å²) in [7, 11) is 1.76. The molecule has 0 bridgehead atoms. The van der Waals surface area contributed by atoms with Crippen molar-refractivity contribution in [2.24, 2.45) is 10.9 Å². The molecule has 9 heteroatoms. The van der Waals surface area contributed by atoms with Gasteiger partial charge in [-0.2, -0.15) is 0 Å². The molecule has 0 saturated carbocycles. The Morgan fingerprint density at radius 2 is 1.93 bits per heavy atom. The molecule has 0 radical (unpaired) electrons. The lowest BCUT2D eigenvalue weighted by Crippen LogP contribution is -2.39. The van der Waals surface area contributed by atoms with Gasteiger partial charge < -0.3 is 25.4 Å². The van der Waals surface area contributed by atoms with E-state index in [4.69, 9.17) is 9.47 Å². The molecular formula is C19H33IN4O3S. The predicted molar refractivity (Wildman–Crippen MR) is 125 cm³/mol. The molecule has 1 aromatic heterocycles. The summed E-state index contributed by atoms with van der Waals surface area (Å²) < 4.78 is 11.1. The lowest BCUT2D eigenvalue weighted by atomic mass is 10.0. The molecule has 1 aromatic rings. The third-order valence-electron chi connectivity index (χ3n) is 4.35. The largest absolute Gasteiger partial charge is 0.381 e. The number of carbonyl (C=O) groups excluding carboxylic acids is 1. The molecule has 1 saturated heterocycles. The van der Waals surface area contributed by atoms with Crippen molar-refractivity contribution in [2.75, 3.05) is 53.1 Å². The smallest absolute Gasteiger partial charge is 0.261 e. The fraction of sp³-hybridized carbons (Fsp3) is 0.684. The Hall–Kier alpha value is -0.910. The maximum atomic E-state index is 11.8. The van der Waals surface area contributed by atoms with Gasteiger partial charge >= 0.3 is 0 Å². The molecule has 1 amide bonds. The van der Waals surface area contributed by atoms with Gasteiger partial charge in [0.2, 0.25) is 0 Å². The number of ether oxygens (including phenoxy) is 2. The van der Waals surface area contributed by atoms with E-state index in [1.54, 1.807) is 7.05 Å². The Kier molecular flexibility index (Phi) is 14.3. The molecular weight excluding hydrogens is 491 g/mol. The summed E-state index contributed by atoms with van der Waals surface area (Å²) in [6, 6.07) is 3.71. The second-order valence-electron chi connectivity index (χ2n) is 6.50. The van der Waals surface area contributed by atoms with Crippen LogP contribution >= 0.6 is 35.3 Å². The molecule has 28 heavy (non-hydrogen) atoms. The molecule has 0 atom stereocenters. The maximum Gasteiger partial charge on any atom is 0.261 e. The highest BCUT2D eigenvalue weighted by Crippen LogP contribution is 2.14. The van der Waals surface area contributed by atoms with E-state index in [1.165, 1.54) is 11.3 Å². The number of rotatable bonds is 11. The second-order valence-corrected chi connectivity index (χ2v) is 7.44. The van der Waals surface area contributed by atoms with E-state index in [1.807, 2.05) is 17.5 Å². The van der Waals surface area contributed by atoms with Crippen LogP contribution < -0.4 is 16.0 Å². The first-order chi connectivity index (χ1) is 13.3. The third kappa shape index (κ3) is 10.6. The van der Waals surface area contributed by atoms with Crippen LogP contribution in [-0.2, 0) is 9.47 Å². The number of guanidine groups is 1. The Bertz CT molecular complexity index is 551. The lowest BCUT2D eigenvalue weighted by molar-refractivity contribution is 0.0203. The van der Waals surface area contributed by atoms with Gasteiger partial charge in [0.05, 0.1) is 4.88 Å². The number of hydrogen-bond acceptors (Lipinski definition) is 5. The van der Waals surface area contributed by atoms with Crippen molar-refractivity contribution in [3.63, 3.8) is 0 Å². The summed E-state index contributed by atoms with van der Waals surface area (Å²) in [6.45, 7) is 5.56. The molecule has 0 unspecified atom stereocenters. The third-order valence-corrected chi connectivity index (χ3v) is 5.22. The zero-order chi connectivity index (χ0) is 19.2. The molecule has 0 aromatic carbocycles. The van der Waals surface area contributed by atoms with Crippen LogP contribution in [0.4, 0.5) is 0 Å². The minimum absolute atomic E-state index is 0. The second kappa shape index (κ2) is 15.9. The van der Waals surface area contributed by atoms with Gasteiger partial charge in [-0.1, -0.05) is 6.07 Å². The van der Waals surface area contributed by atoms with Gasteiger partial charge in [-0.05, 0) is 43.0 Å². The minimum Gasteiger partial charge on any atom is -0.381 e. The lowest BCUT2D eigenvalue weighted by Gasteiger charge is -2.21. The summed E-state index contributed by atoms with van der Waals surface area (Å²) in [5, 5.41) is 11.4. The van der Waals surface area contributed by atoms with Gasteiger partial charge in [-0.25, -0.2) is 0 Å². The van der Waals surface area contributed by atoms with E-state index in [0.29, 0.717) is 12.5 Å². The van der Waals surface area contributed by atoms with Crippen LogP contribution in [0.2, 0.25) is 0 Å². The number of nitrogens with zero attached hydrogens (tertiary/aromatic N) is 1. The summed E-state index contributed by atoms with van der Waals surface area (Å²) in [6.07, 6.45) is 4.01. The van der Waals surface area contributed by atoms with Crippen LogP contribution in [0, 0.1) is 5.92 Å². The minimum atomic E-state index is -0.00624. The fourth-order valence-corrected chi connectivity index (χ4v) is 3.40. The zero-order valence-corrected chi connectivity index (χ0v) is 19.7. The first-order valence-corrected chi connectivity index (χ1v) is 10.6. The van der Waals surface area contributed by atoms with Crippen molar-refractivity contribution >= 4 is 47.2 Å². The molecule has 0 spiro atoms. The van der Waals surface area contributed by atoms with Crippen LogP contribution in [0.3, 0.4) is 0 Å². The van der Waals surface area contributed by atoms with Gasteiger partial charge in [0.1, 0.15) is 0 Å².